The number of carbonyl (C=O) groups is 1. The first kappa shape index (κ1) is 13.9. The Balaban J connectivity index is 1.84. The molecule has 0 aliphatic carbocycles. The van der Waals surface area contributed by atoms with Crippen LogP contribution in [0.25, 0.3) is 0 Å². The minimum Gasteiger partial charge on any atom is -0.491 e. The normalized spacial score (nSPS) is 18.6. The van der Waals surface area contributed by atoms with Gasteiger partial charge in [0.15, 0.2) is 0 Å². The molecule has 2 rings (SSSR count). The zero-order chi connectivity index (χ0) is 13.7. The lowest BCUT2D eigenvalue weighted by molar-refractivity contribution is 0.0857. The van der Waals surface area contributed by atoms with Crippen LogP contribution in [0.5, 0.6) is 5.75 Å². The van der Waals surface area contributed by atoms with E-state index in [9.17, 15) is 4.79 Å². The van der Waals surface area contributed by atoms with Gasteiger partial charge in [0.25, 0.3) is 5.91 Å². The number of benzene rings is 1. The maximum Gasteiger partial charge on any atom is 0.251 e. The third-order valence-electron chi connectivity index (χ3n) is 3.00. The molecular weight excluding hydrogens is 242 g/mol. The van der Waals surface area contributed by atoms with E-state index in [1.165, 1.54) is 0 Å². The highest BCUT2D eigenvalue weighted by molar-refractivity contribution is 5.94. The van der Waals surface area contributed by atoms with Crippen LogP contribution in [0.4, 0.5) is 0 Å². The molecule has 1 aromatic rings. The quantitative estimate of drug-likeness (QED) is 0.887. The molecule has 4 nitrogen and oxygen atoms in total. The van der Waals surface area contributed by atoms with E-state index >= 15 is 0 Å². The van der Waals surface area contributed by atoms with Crippen molar-refractivity contribution in [2.45, 2.75) is 38.9 Å². The molecule has 1 fully saturated rings. The molecule has 0 aromatic heterocycles. The summed E-state index contributed by atoms with van der Waals surface area (Å²) in [6, 6.07) is 7.20. The van der Waals surface area contributed by atoms with Gasteiger partial charge in [0.1, 0.15) is 5.75 Å². The van der Waals surface area contributed by atoms with Gasteiger partial charge in [-0.1, -0.05) is 0 Å². The fourth-order valence-electron chi connectivity index (χ4n) is 2.07. The van der Waals surface area contributed by atoms with Crippen LogP contribution < -0.4 is 10.1 Å². The molecule has 4 heteroatoms. The molecule has 1 aromatic carbocycles. The van der Waals surface area contributed by atoms with Gasteiger partial charge in [-0.05, 0) is 51.0 Å². The molecule has 1 amide bonds. The Kier molecular flexibility index (Phi) is 4.80. The predicted octanol–water partition coefficient (Wildman–Crippen LogP) is 2.38. The van der Waals surface area contributed by atoms with Crippen LogP contribution in [0.1, 0.15) is 37.0 Å². The topological polar surface area (TPSA) is 47.6 Å². The van der Waals surface area contributed by atoms with E-state index in [-0.39, 0.29) is 18.1 Å². The largest absolute Gasteiger partial charge is 0.491 e. The Hall–Kier alpha value is -1.55. The predicted molar refractivity (Wildman–Crippen MR) is 73.5 cm³/mol. The molecule has 1 N–H and O–H groups in total. The molecule has 1 aliphatic rings. The number of amides is 1. The monoisotopic (exact) mass is 263 g/mol. The average Bonchev–Trinajstić information content (AvgIpc) is 2.89. The lowest BCUT2D eigenvalue weighted by Crippen LogP contribution is -2.31. The molecule has 0 spiro atoms. The van der Waals surface area contributed by atoms with Crippen molar-refractivity contribution in [3.63, 3.8) is 0 Å². The van der Waals surface area contributed by atoms with Crippen LogP contribution >= 0.6 is 0 Å². The summed E-state index contributed by atoms with van der Waals surface area (Å²) in [5.41, 5.74) is 0.647. The molecular formula is C15H21NO3. The van der Waals surface area contributed by atoms with Crippen LogP contribution in [-0.4, -0.2) is 31.3 Å². The van der Waals surface area contributed by atoms with E-state index in [0.717, 1.165) is 25.2 Å². The summed E-state index contributed by atoms with van der Waals surface area (Å²) in [6.45, 7) is 5.34. The highest BCUT2D eigenvalue weighted by atomic mass is 16.5. The molecule has 1 saturated heterocycles. The Morgan fingerprint density at radius 2 is 2.16 bits per heavy atom. The number of carbonyl (C=O) groups excluding carboxylic acids is 1. The summed E-state index contributed by atoms with van der Waals surface area (Å²) in [4.78, 5) is 11.9. The summed E-state index contributed by atoms with van der Waals surface area (Å²) in [5.74, 6) is 0.720. The summed E-state index contributed by atoms with van der Waals surface area (Å²) in [5, 5.41) is 2.90. The van der Waals surface area contributed by atoms with E-state index in [4.69, 9.17) is 9.47 Å². The van der Waals surface area contributed by atoms with Crippen molar-refractivity contribution >= 4 is 5.91 Å². The molecule has 104 valence electrons. The fraction of sp³-hybridized carbons (Fsp3) is 0.533. The van der Waals surface area contributed by atoms with E-state index in [1.54, 1.807) is 12.1 Å². The maximum absolute atomic E-state index is 11.9. The minimum absolute atomic E-state index is 0.0633. The SMILES string of the molecule is CC(C)Oc1ccc(C(=O)NC[C@@H]2CCCO2)cc1. The smallest absolute Gasteiger partial charge is 0.251 e. The number of ether oxygens (including phenoxy) is 2. The van der Waals surface area contributed by atoms with Gasteiger partial charge < -0.3 is 14.8 Å². The lowest BCUT2D eigenvalue weighted by Gasteiger charge is -2.12. The van der Waals surface area contributed by atoms with E-state index < -0.39 is 0 Å². The van der Waals surface area contributed by atoms with Crippen molar-refractivity contribution in [1.82, 2.24) is 5.32 Å². The molecule has 0 bridgehead atoms. The lowest BCUT2D eigenvalue weighted by atomic mass is 10.2. The van der Waals surface area contributed by atoms with Gasteiger partial charge in [-0.25, -0.2) is 0 Å². The van der Waals surface area contributed by atoms with Crippen LogP contribution in [0.2, 0.25) is 0 Å². The first-order valence-corrected chi connectivity index (χ1v) is 6.81. The zero-order valence-corrected chi connectivity index (χ0v) is 11.5. The molecule has 1 atom stereocenters. The summed E-state index contributed by atoms with van der Waals surface area (Å²) in [7, 11) is 0. The molecule has 1 heterocycles. The van der Waals surface area contributed by atoms with E-state index in [2.05, 4.69) is 5.32 Å². The second-order valence-corrected chi connectivity index (χ2v) is 5.04. The van der Waals surface area contributed by atoms with E-state index in [0.29, 0.717) is 12.1 Å². The van der Waals surface area contributed by atoms with Gasteiger partial charge in [0.05, 0.1) is 12.2 Å². The van der Waals surface area contributed by atoms with Gasteiger partial charge in [-0.3, -0.25) is 4.79 Å². The number of hydrogen-bond donors (Lipinski definition) is 1. The van der Waals surface area contributed by atoms with Crippen molar-refractivity contribution < 1.29 is 14.3 Å². The zero-order valence-electron chi connectivity index (χ0n) is 11.5. The van der Waals surface area contributed by atoms with Crippen LogP contribution in [0.15, 0.2) is 24.3 Å². The molecule has 0 radical (unpaired) electrons. The van der Waals surface area contributed by atoms with Crippen molar-refractivity contribution in [1.29, 1.82) is 0 Å². The molecule has 0 unspecified atom stereocenters. The van der Waals surface area contributed by atoms with Crippen LogP contribution in [-0.2, 0) is 4.74 Å². The van der Waals surface area contributed by atoms with Crippen LogP contribution in [0, 0.1) is 0 Å². The molecule has 19 heavy (non-hydrogen) atoms. The Morgan fingerprint density at radius 3 is 2.74 bits per heavy atom. The van der Waals surface area contributed by atoms with Crippen molar-refractivity contribution in [2.24, 2.45) is 0 Å². The van der Waals surface area contributed by atoms with Crippen molar-refractivity contribution in [2.75, 3.05) is 13.2 Å². The number of hydrogen-bond acceptors (Lipinski definition) is 3. The third kappa shape index (κ3) is 4.24. The Bertz CT molecular complexity index is 408. The van der Waals surface area contributed by atoms with Gasteiger partial charge in [-0.2, -0.15) is 0 Å². The van der Waals surface area contributed by atoms with Crippen LogP contribution in [0.3, 0.4) is 0 Å². The minimum atomic E-state index is -0.0633. The Labute approximate surface area is 114 Å². The third-order valence-corrected chi connectivity index (χ3v) is 3.00. The highest BCUT2D eigenvalue weighted by Gasteiger charge is 2.16. The van der Waals surface area contributed by atoms with Crippen molar-refractivity contribution in [3.05, 3.63) is 29.8 Å². The first-order valence-electron chi connectivity index (χ1n) is 6.81. The number of nitrogens with one attached hydrogen (secondary N) is 1. The van der Waals surface area contributed by atoms with E-state index in [1.807, 2.05) is 26.0 Å². The molecule has 1 aliphatic heterocycles. The van der Waals surface area contributed by atoms with Gasteiger partial charge >= 0.3 is 0 Å². The van der Waals surface area contributed by atoms with Gasteiger partial charge in [0.2, 0.25) is 0 Å². The fourth-order valence-corrected chi connectivity index (χ4v) is 2.07. The summed E-state index contributed by atoms with van der Waals surface area (Å²) < 4.78 is 11.0. The average molecular weight is 263 g/mol. The van der Waals surface area contributed by atoms with Gasteiger partial charge in [-0.15, -0.1) is 0 Å². The molecule has 0 saturated carbocycles. The summed E-state index contributed by atoms with van der Waals surface area (Å²) in [6.07, 6.45) is 2.43. The maximum atomic E-state index is 11.9. The summed E-state index contributed by atoms with van der Waals surface area (Å²) >= 11 is 0. The van der Waals surface area contributed by atoms with Crippen molar-refractivity contribution in [3.8, 4) is 5.75 Å². The van der Waals surface area contributed by atoms with Gasteiger partial charge in [0, 0.05) is 18.7 Å². The first-order chi connectivity index (χ1) is 9.15. The standard InChI is InChI=1S/C15H21NO3/c1-11(2)19-13-7-5-12(6-8-13)15(17)16-10-14-4-3-9-18-14/h5-8,11,14H,3-4,9-10H2,1-2H3,(H,16,17)/t14-/m0/s1. The number of rotatable bonds is 5. The second-order valence-electron chi connectivity index (χ2n) is 5.04. The Morgan fingerprint density at radius 1 is 1.42 bits per heavy atom. The highest BCUT2D eigenvalue weighted by Crippen LogP contribution is 2.14. The second kappa shape index (κ2) is 6.57.